The van der Waals surface area contributed by atoms with Crippen LogP contribution in [-0.4, -0.2) is 29.9 Å². The predicted molar refractivity (Wildman–Crippen MR) is 66.6 cm³/mol. The van der Waals surface area contributed by atoms with Crippen LogP contribution < -0.4 is 5.73 Å². The molecule has 0 aromatic heterocycles. The molecule has 18 heavy (non-hydrogen) atoms. The zero-order valence-electron chi connectivity index (χ0n) is 10.5. The van der Waals surface area contributed by atoms with Crippen molar-refractivity contribution < 1.29 is 14.3 Å². The fourth-order valence-corrected chi connectivity index (χ4v) is 2.28. The van der Waals surface area contributed by atoms with Gasteiger partial charge in [0, 0.05) is 25.6 Å². The third-order valence-corrected chi connectivity index (χ3v) is 3.24. The molecule has 1 atom stereocenters. The number of nitrogens with two attached hydrogens (primary N) is 1. The van der Waals surface area contributed by atoms with Crippen LogP contribution in [0, 0.1) is 0 Å². The lowest BCUT2D eigenvalue weighted by Gasteiger charge is -2.34. The van der Waals surface area contributed by atoms with Gasteiger partial charge < -0.3 is 15.4 Å². The van der Waals surface area contributed by atoms with Crippen LogP contribution in [0.15, 0.2) is 18.2 Å². The summed E-state index contributed by atoms with van der Waals surface area (Å²) in [5, 5.41) is 0. The largest absolute Gasteiger partial charge is 0.467 e. The molecule has 0 bridgehead atoms. The van der Waals surface area contributed by atoms with E-state index >= 15 is 0 Å². The van der Waals surface area contributed by atoms with Gasteiger partial charge in [0.2, 0.25) is 5.91 Å². The molecule has 1 heterocycles. The number of hydrogen-bond acceptors (Lipinski definition) is 4. The Bertz CT molecular complexity index is 499. The summed E-state index contributed by atoms with van der Waals surface area (Å²) >= 11 is 0. The summed E-state index contributed by atoms with van der Waals surface area (Å²) in [6.07, 6.45) is 0.474. The zero-order valence-corrected chi connectivity index (χ0v) is 10.5. The average Bonchev–Trinajstić information content (AvgIpc) is 2.36. The summed E-state index contributed by atoms with van der Waals surface area (Å²) in [4.78, 5) is 24.9. The summed E-state index contributed by atoms with van der Waals surface area (Å²) < 4.78 is 4.75. The van der Waals surface area contributed by atoms with Gasteiger partial charge in [-0.3, -0.25) is 4.79 Å². The third kappa shape index (κ3) is 2.16. The molecule has 1 aromatic rings. The number of esters is 1. The fraction of sp³-hybridized carbons (Fsp3) is 0.385. The number of carbonyl (C=O) groups is 2. The molecule has 1 aliphatic heterocycles. The first-order valence-electron chi connectivity index (χ1n) is 5.75. The van der Waals surface area contributed by atoms with Crippen LogP contribution in [0.5, 0.6) is 0 Å². The highest BCUT2D eigenvalue weighted by atomic mass is 16.5. The Hall–Kier alpha value is -2.04. The van der Waals surface area contributed by atoms with Crippen molar-refractivity contribution in [3.8, 4) is 0 Å². The van der Waals surface area contributed by atoms with E-state index in [0.29, 0.717) is 18.7 Å². The molecule has 1 amide bonds. The minimum atomic E-state index is -0.538. The molecule has 96 valence electrons. The summed E-state index contributed by atoms with van der Waals surface area (Å²) in [7, 11) is 1.33. The minimum Gasteiger partial charge on any atom is -0.467 e. The highest BCUT2D eigenvalue weighted by Crippen LogP contribution is 2.25. The molecular weight excluding hydrogens is 232 g/mol. The summed E-state index contributed by atoms with van der Waals surface area (Å²) in [6.45, 7) is 1.85. The molecule has 0 fully saturated rings. The van der Waals surface area contributed by atoms with Gasteiger partial charge in [0.1, 0.15) is 6.04 Å². The van der Waals surface area contributed by atoms with E-state index in [9.17, 15) is 9.59 Å². The third-order valence-electron chi connectivity index (χ3n) is 3.24. The molecule has 0 saturated heterocycles. The summed E-state index contributed by atoms with van der Waals surface area (Å²) in [6, 6.07) is 5.01. The van der Waals surface area contributed by atoms with E-state index in [4.69, 9.17) is 10.5 Å². The SMILES string of the molecule is COC(=O)[C@H]1Cc2ccc(N)cc2CN1C(C)=O. The second-order valence-corrected chi connectivity index (χ2v) is 4.42. The van der Waals surface area contributed by atoms with Crippen molar-refractivity contribution in [3.05, 3.63) is 29.3 Å². The Morgan fingerprint density at radius 2 is 2.11 bits per heavy atom. The first-order valence-corrected chi connectivity index (χ1v) is 5.75. The van der Waals surface area contributed by atoms with E-state index in [2.05, 4.69) is 0 Å². The van der Waals surface area contributed by atoms with Crippen molar-refractivity contribution in [3.63, 3.8) is 0 Å². The average molecular weight is 248 g/mol. The van der Waals surface area contributed by atoms with Crippen LogP contribution in [0.3, 0.4) is 0 Å². The normalized spacial score (nSPS) is 18.1. The molecule has 0 saturated carbocycles. The van der Waals surface area contributed by atoms with Gasteiger partial charge in [0.25, 0.3) is 0 Å². The number of hydrogen-bond donors (Lipinski definition) is 1. The number of anilines is 1. The van der Waals surface area contributed by atoms with Crippen LogP contribution in [0.2, 0.25) is 0 Å². The van der Waals surface area contributed by atoms with Crippen LogP contribution in [0.25, 0.3) is 0 Å². The minimum absolute atomic E-state index is 0.140. The summed E-state index contributed by atoms with van der Waals surface area (Å²) in [5.41, 5.74) is 8.42. The van der Waals surface area contributed by atoms with Gasteiger partial charge in [0.05, 0.1) is 7.11 Å². The zero-order chi connectivity index (χ0) is 13.3. The standard InChI is InChI=1S/C13H16N2O3/c1-8(16)15-7-10-5-11(14)4-3-9(10)6-12(15)13(17)18-2/h3-5,12H,6-7,14H2,1-2H3/t12-/m1/s1. The summed E-state index contributed by atoms with van der Waals surface area (Å²) in [5.74, 6) is -0.522. The van der Waals surface area contributed by atoms with Crippen molar-refractivity contribution >= 4 is 17.6 Å². The van der Waals surface area contributed by atoms with Crippen LogP contribution in [-0.2, 0) is 27.3 Å². The van der Waals surface area contributed by atoms with Crippen molar-refractivity contribution in [1.29, 1.82) is 0 Å². The lowest BCUT2D eigenvalue weighted by atomic mass is 9.93. The van der Waals surface area contributed by atoms with E-state index < -0.39 is 6.04 Å². The first-order chi connectivity index (χ1) is 8.52. The Balaban J connectivity index is 2.37. The van der Waals surface area contributed by atoms with Gasteiger partial charge in [0.15, 0.2) is 0 Å². The van der Waals surface area contributed by atoms with Gasteiger partial charge in [-0.25, -0.2) is 4.79 Å². The number of benzene rings is 1. The van der Waals surface area contributed by atoms with Gasteiger partial charge in [-0.05, 0) is 23.3 Å². The van der Waals surface area contributed by atoms with Crippen LogP contribution >= 0.6 is 0 Å². The molecule has 0 unspecified atom stereocenters. The monoisotopic (exact) mass is 248 g/mol. The Kier molecular flexibility index (Phi) is 3.23. The fourth-order valence-electron chi connectivity index (χ4n) is 2.28. The predicted octanol–water partition coefficient (Wildman–Crippen LogP) is 0.715. The van der Waals surface area contributed by atoms with Crippen molar-refractivity contribution in [2.45, 2.75) is 25.9 Å². The molecular formula is C13H16N2O3. The van der Waals surface area contributed by atoms with Gasteiger partial charge in [-0.15, -0.1) is 0 Å². The molecule has 2 rings (SSSR count). The molecule has 5 nitrogen and oxygen atoms in total. The number of methoxy groups -OCH3 is 1. The quantitative estimate of drug-likeness (QED) is 0.587. The smallest absolute Gasteiger partial charge is 0.328 e. The molecule has 0 radical (unpaired) electrons. The lowest BCUT2D eigenvalue weighted by Crippen LogP contribution is -2.48. The number of nitrogens with zero attached hydrogens (tertiary/aromatic N) is 1. The van der Waals surface area contributed by atoms with Gasteiger partial charge in [-0.1, -0.05) is 6.07 Å². The highest BCUT2D eigenvalue weighted by Gasteiger charge is 2.33. The molecule has 2 N–H and O–H groups in total. The second-order valence-electron chi connectivity index (χ2n) is 4.42. The number of rotatable bonds is 1. The topological polar surface area (TPSA) is 72.6 Å². The number of carbonyl (C=O) groups excluding carboxylic acids is 2. The number of fused-ring (bicyclic) bond motifs is 1. The van der Waals surface area contributed by atoms with E-state index in [1.807, 2.05) is 12.1 Å². The molecule has 0 spiro atoms. The maximum absolute atomic E-state index is 11.7. The first kappa shape index (κ1) is 12.4. The Morgan fingerprint density at radius 1 is 1.39 bits per heavy atom. The van der Waals surface area contributed by atoms with E-state index in [-0.39, 0.29) is 11.9 Å². The Labute approximate surface area is 106 Å². The maximum Gasteiger partial charge on any atom is 0.328 e. The molecule has 1 aromatic carbocycles. The molecule has 0 aliphatic carbocycles. The van der Waals surface area contributed by atoms with Crippen molar-refractivity contribution in [2.24, 2.45) is 0 Å². The van der Waals surface area contributed by atoms with Gasteiger partial charge in [-0.2, -0.15) is 0 Å². The van der Waals surface area contributed by atoms with Crippen molar-refractivity contribution in [1.82, 2.24) is 4.90 Å². The van der Waals surface area contributed by atoms with E-state index in [0.717, 1.165) is 11.1 Å². The van der Waals surface area contributed by atoms with Crippen LogP contribution in [0.1, 0.15) is 18.1 Å². The number of ether oxygens (including phenoxy) is 1. The Morgan fingerprint density at radius 3 is 2.72 bits per heavy atom. The van der Waals surface area contributed by atoms with Crippen LogP contribution in [0.4, 0.5) is 5.69 Å². The molecule has 5 heteroatoms. The number of amides is 1. The maximum atomic E-state index is 11.7. The van der Waals surface area contributed by atoms with Crippen molar-refractivity contribution in [2.75, 3.05) is 12.8 Å². The highest BCUT2D eigenvalue weighted by molar-refractivity contribution is 5.84. The number of nitrogen functional groups attached to an aromatic ring is 1. The van der Waals surface area contributed by atoms with E-state index in [1.54, 1.807) is 6.07 Å². The second kappa shape index (κ2) is 4.68. The van der Waals surface area contributed by atoms with Gasteiger partial charge >= 0.3 is 5.97 Å². The molecule has 1 aliphatic rings. The lowest BCUT2D eigenvalue weighted by molar-refractivity contribution is -0.153. The van der Waals surface area contributed by atoms with E-state index in [1.165, 1.54) is 18.9 Å².